The molecule has 0 fully saturated rings. The van der Waals surface area contributed by atoms with Gasteiger partial charge in [-0.05, 0) is 12.8 Å². The average molecular weight is 266 g/mol. The second kappa shape index (κ2) is 8.05. The van der Waals surface area contributed by atoms with Gasteiger partial charge in [0.2, 0.25) is 0 Å². The predicted octanol–water partition coefficient (Wildman–Crippen LogP) is 1.70. The molecule has 6 nitrogen and oxygen atoms in total. The monoisotopic (exact) mass is 266 g/mol. The summed E-state index contributed by atoms with van der Waals surface area (Å²) in [5.41, 5.74) is 0. The Morgan fingerprint density at radius 3 is 1.53 bits per heavy atom. The molecule has 0 aromatic heterocycles. The number of carbonyl (C=O) groups excluding carboxylic acids is 2. The van der Waals surface area contributed by atoms with E-state index in [0.717, 1.165) is 12.8 Å². The summed E-state index contributed by atoms with van der Waals surface area (Å²) in [4.78, 5) is 22.0. The number of rotatable bonds is 8. The lowest BCUT2D eigenvalue weighted by molar-refractivity contribution is -0.137. The van der Waals surface area contributed by atoms with Crippen LogP contribution in [0.2, 0.25) is 0 Å². The number of hydrogen-bond donors (Lipinski definition) is 0. The van der Waals surface area contributed by atoms with Gasteiger partial charge in [-0.15, -0.1) is 8.42 Å². The maximum atomic E-state index is 11.1. The van der Waals surface area contributed by atoms with E-state index in [0.29, 0.717) is 12.8 Å². The first-order valence-electron chi connectivity index (χ1n) is 5.60. The highest BCUT2D eigenvalue weighted by molar-refractivity contribution is 7.82. The first kappa shape index (κ1) is 15.9. The zero-order valence-corrected chi connectivity index (χ0v) is 10.9. The van der Waals surface area contributed by atoms with Gasteiger partial charge in [0.25, 0.3) is 0 Å². The largest absolute Gasteiger partial charge is 0.506 e. The summed E-state index contributed by atoms with van der Waals surface area (Å²) < 4.78 is 30.3. The third-order valence-electron chi connectivity index (χ3n) is 1.86. The molecule has 7 heteroatoms. The van der Waals surface area contributed by atoms with Crippen molar-refractivity contribution >= 4 is 22.3 Å². The van der Waals surface area contributed by atoms with Crippen molar-refractivity contribution in [2.45, 2.75) is 52.4 Å². The molecule has 0 bridgehead atoms. The molecule has 0 rings (SSSR count). The van der Waals surface area contributed by atoms with Gasteiger partial charge >= 0.3 is 22.3 Å². The van der Waals surface area contributed by atoms with Crippen LogP contribution in [0.15, 0.2) is 0 Å². The van der Waals surface area contributed by atoms with Gasteiger partial charge in [0, 0.05) is 12.8 Å². The van der Waals surface area contributed by atoms with Crippen LogP contribution in [0.1, 0.15) is 52.4 Å². The number of hydrogen-bond acceptors (Lipinski definition) is 6. The van der Waals surface area contributed by atoms with E-state index in [9.17, 15) is 18.0 Å². The van der Waals surface area contributed by atoms with E-state index in [-0.39, 0.29) is 12.8 Å². The van der Waals surface area contributed by atoms with E-state index in [4.69, 9.17) is 0 Å². The van der Waals surface area contributed by atoms with Crippen molar-refractivity contribution in [2.24, 2.45) is 0 Å². The van der Waals surface area contributed by atoms with Gasteiger partial charge in [0.05, 0.1) is 0 Å². The van der Waals surface area contributed by atoms with Crippen molar-refractivity contribution in [3.63, 3.8) is 0 Å². The molecule has 0 unspecified atom stereocenters. The van der Waals surface area contributed by atoms with Gasteiger partial charge in [0.1, 0.15) is 0 Å². The van der Waals surface area contributed by atoms with Crippen LogP contribution in [-0.4, -0.2) is 20.4 Å². The molecular weight excluding hydrogens is 248 g/mol. The van der Waals surface area contributed by atoms with E-state index in [2.05, 4.69) is 8.37 Å². The molecule has 0 saturated carbocycles. The summed E-state index contributed by atoms with van der Waals surface area (Å²) >= 11 is 0. The predicted molar refractivity (Wildman–Crippen MR) is 60.2 cm³/mol. The highest BCUT2D eigenvalue weighted by atomic mass is 32.3. The van der Waals surface area contributed by atoms with Crippen LogP contribution >= 0.6 is 0 Å². The molecule has 0 atom stereocenters. The quantitative estimate of drug-likeness (QED) is 0.664. The maximum absolute atomic E-state index is 11.1. The molecule has 17 heavy (non-hydrogen) atoms. The van der Waals surface area contributed by atoms with Crippen LogP contribution in [0.3, 0.4) is 0 Å². The van der Waals surface area contributed by atoms with E-state index in [1.807, 2.05) is 13.8 Å². The standard InChI is InChI=1S/C10H18O6S/c1-3-5-7-9(11)15-17(13,14)16-10(12)8-6-4-2/h3-8H2,1-2H3. The van der Waals surface area contributed by atoms with Crippen LogP contribution in [0, 0.1) is 0 Å². The summed E-state index contributed by atoms with van der Waals surface area (Å²) in [5.74, 6) is -1.81. The van der Waals surface area contributed by atoms with Crippen molar-refractivity contribution < 1.29 is 26.4 Å². The molecule has 0 aliphatic rings. The summed E-state index contributed by atoms with van der Waals surface area (Å²) in [5, 5.41) is 0. The zero-order valence-electron chi connectivity index (χ0n) is 10.1. The Labute approximate surface area is 102 Å². The minimum absolute atomic E-state index is 0.0117. The number of carbonyl (C=O) groups is 2. The summed E-state index contributed by atoms with van der Waals surface area (Å²) in [6.07, 6.45) is 2.51. The Balaban J connectivity index is 4.11. The summed E-state index contributed by atoms with van der Waals surface area (Å²) in [7, 11) is -4.54. The molecule has 0 aliphatic heterocycles. The van der Waals surface area contributed by atoms with Gasteiger partial charge in [-0.2, -0.15) is 0 Å². The Bertz CT molecular complexity index is 318. The van der Waals surface area contributed by atoms with Crippen LogP contribution in [0.25, 0.3) is 0 Å². The Kier molecular flexibility index (Phi) is 7.53. The van der Waals surface area contributed by atoms with Crippen molar-refractivity contribution in [3.05, 3.63) is 0 Å². The molecule has 0 aromatic rings. The molecule has 100 valence electrons. The first-order chi connectivity index (χ1) is 7.91. The molecule has 0 aromatic carbocycles. The molecule has 0 aliphatic carbocycles. The normalized spacial score (nSPS) is 10.9. The smallest absolute Gasteiger partial charge is 0.316 e. The first-order valence-corrected chi connectivity index (χ1v) is 6.94. The molecule has 0 amide bonds. The molecule has 0 spiro atoms. The molecule has 0 heterocycles. The molecule has 0 radical (unpaired) electrons. The van der Waals surface area contributed by atoms with E-state index in [1.54, 1.807) is 0 Å². The fraction of sp³-hybridized carbons (Fsp3) is 0.800. The maximum Gasteiger partial charge on any atom is 0.506 e. The molecule has 0 N–H and O–H groups in total. The third kappa shape index (κ3) is 8.67. The topological polar surface area (TPSA) is 86.7 Å². The van der Waals surface area contributed by atoms with Crippen LogP contribution in [0.4, 0.5) is 0 Å². The lowest BCUT2D eigenvalue weighted by Gasteiger charge is -2.04. The minimum atomic E-state index is -4.54. The highest BCUT2D eigenvalue weighted by Gasteiger charge is 2.22. The van der Waals surface area contributed by atoms with Crippen LogP contribution < -0.4 is 0 Å². The third-order valence-corrected chi connectivity index (χ3v) is 2.64. The molecular formula is C10H18O6S. The van der Waals surface area contributed by atoms with Crippen molar-refractivity contribution in [1.29, 1.82) is 0 Å². The number of unbranched alkanes of at least 4 members (excludes halogenated alkanes) is 2. The lowest BCUT2D eigenvalue weighted by Crippen LogP contribution is -2.19. The second-order valence-corrected chi connectivity index (χ2v) is 4.68. The van der Waals surface area contributed by atoms with E-state index in [1.165, 1.54) is 0 Å². The van der Waals surface area contributed by atoms with Gasteiger partial charge in [0.15, 0.2) is 0 Å². The van der Waals surface area contributed by atoms with Gasteiger partial charge in [-0.1, -0.05) is 26.7 Å². The Morgan fingerprint density at radius 2 is 1.24 bits per heavy atom. The van der Waals surface area contributed by atoms with Crippen molar-refractivity contribution in [1.82, 2.24) is 0 Å². The fourth-order valence-corrected chi connectivity index (χ4v) is 1.63. The Hall–Kier alpha value is -1.11. The van der Waals surface area contributed by atoms with E-state index >= 15 is 0 Å². The van der Waals surface area contributed by atoms with E-state index < -0.39 is 22.3 Å². The van der Waals surface area contributed by atoms with Crippen molar-refractivity contribution in [2.75, 3.05) is 0 Å². The van der Waals surface area contributed by atoms with Gasteiger partial charge in [-0.25, -0.2) is 0 Å². The fourth-order valence-electron chi connectivity index (χ4n) is 0.970. The Morgan fingerprint density at radius 1 is 0.882 bits per heavy atom. The average Bonchev–Trinajstić information content (AvgIpc) is 2.22. The second-order valence-electron chi connectivity index (χ2n) is 3.53. The molecule has 0 saturated heterocycles. The van der Waals surface area contributed by atoms with Crippen molar-refractivity contribution in [3.8, 4) is 0 Å². The van der Waals surface area contributed by atoms with Crippen LogP contribution in [-0.2, 0) is 28.4 Å². The summed E-state index contributed by atoms with van der Waals surface area (Å²) in [6.45, 7) is 3.71. The lowest BCUT2D eigenvalue weighted by atomic mass is 10.3. The minimum Gasteiger partial charge on any atom is -0.316 e. The SMILES string of the molecule is CCCCC(=O)OS(=O)(=O)OC(=O)CCCC. The van der Waals surface area contributed by atoms with Crippen LogP contribution in [0.5, 0.6) is 0 Å². The highest BCUT2D eigenvalue weighted by Crippen LogP contribution is 2.05. The van der Waals surface area contributed by atoms with Gasteiger partial charge < -0.3 is 8.37 Å². The zero-order chi connectivity index (χ0) is 13.3. The van der Waals surface area contributed by atoms with Gasteiger partial charge in [-0.3, -0.25) is 9.59 Å². The summed E-state index contributed by atoms with van der Waals surface area (Å²) in [6, 6.07) is 0.